The van der Waals surface area contributed by atoms with Crippen molar-refractivity contribution in [3.63, 3.8) is 0 Å². The Morgan fingerprint density at radius 3 is 2.46 bits per heavy atom. The van der Waals surface area contributed by atoms with Crippen LogP contribution in [0.25, 0.3) is 0 Å². The Morgan fingerprint density at radius 2 is 1.82 bits per heavy atom. The lowest BCUT2D eigenvalue weighted by atomic mass is 9.92. The highest BCUT2D eigenvalue weighted by atomic mass is 32.2. The Balaban J connectivity index is 1.28. The molecule has 1 saturated carbocycles. The summed E-state index contributed by atoms with van der Waals surface area (Å²) in [5.41, 5.74) is 7.85. The number of ether oxygens (including phenoxy) is 1. The molecule has 0 aromatic heterocycles. The highest BCUT2D eigenvalue weighted by molar-refractivity contribution is 7.93. The first-order valence-corrected chi connectivity index (χ1v) is 14.8. The predicted octanol–water partition coefficient (Wildman–Crippen LogP) is 1.18. The Kier molecular flexibility index (Phi) is 8.01. The summed E-state index contributed by atoms with van der Waals surface area (Å²) in [4.78, 5) is 8.48. The van der Waals surface area contributed by atoms with Crippen LogP contribution in [0.4, 0.5) is 5.69 Å². The third-order valence-corrected chi connectivity index (χ3v) is 9.15. The summed E-state index contributed by atoms with van der Waals surface area (Å²) in [5.74, 6) is 0.544. The summed E-state index contributed by atoms with van der Waals surface area (Å²) in [5, 5.41) is 27.2. The summed E-state index contributed by atoms with van der Waals surface area (Å²) in [6, 6.07) is 12.0. The van der Waals surface area contributed by atoms with E-state index >= 15 is 0 Å². The van der Waals surface area contributed by atoms with Crippen molar-refractivity contribution in [2.24, 2.45) is 10.7 Å². The van der Waals surface area contributed by atoms with Crippen molar-refractivity contribution in [1.82, 2.24) is 9.80 Å². The number of piperidine rings is 1. The van der Waals surface area contributed by atoms with E-state index in [1.54, 1.807) is 29.2 Å². The van der Waals surface area contributed by atoms with Crippen molar-refractivity contribution in [3.05, 3.63) is 53.6 Å². The second-order valence-electron chi connectivity index (χ2n) is 10.3. The molecule has 2 fully saturated rings. The minimum absolute atomic E-state index is 0.0182. The van der Waals surface area contributed by atoms with E-state index in [2.05, 4.69) is 9.89 Å². The van der Waals surface area contributed by atoms with Crippen LogP contribution >= 0.6 is 0 Å². The Bertz CT molecular complexity index is 1310. The Hall–Kier alpha value is -3.29. The topological polar surface area (TPSA) is 156 Å². The molecule has 1 aliphatic carbocycles. The number of aliphatic imine (C=N–C) groups is 1. The summed E-state index contributed by atoms with van der Waals surface area (Å²) >= 11 is 0. The number of guanidine groups is 1. The fourth-order valence-electron chi connectivity index (χ4n) is 4.93. The van der Waals surface area contributed by atoms with E-state index in [0.29, 0.717) is 37.0 Å². The number of hydrogen-bond acceptors (Lipinski definition) is 7. The van der Waals surface area contributed by atoms with Crippen LogP contribution < -0.4 is 14.8 Å². The van der Waals surface area contributed by atoms with Crippen molar-refractivity contribution in [3.8, 4) is 5.75 Å². The van der Waals surface area contributed by atoms with Crippen molar-refractivity contribution >= 4 is 35.1 Å². The Labute approximate surface area is 229 Å². The van der Waals surface area contributed by atoms with Crippen LogP contribution in [0.3, 0.4) is 0 Å². The molecule has 1 saturated heterocycles. The third kappa shape index (κ3) is 6.66. The number of rotatable bonds is 9. The van der Waals surface area contributed by atoms with E-state index in [0.717, 1.165) is 41.4 Å². The monoisotopic (exact) mass is 554 g/mol. The van der Waals surface area contributed by atoms with Gasteiger partial charge in [0.2, 0.25) is 0 Å². The molecule has 0 unspecified atom stereocenters. The first kappa shape index (κ1) is 27.3. The molecule has 2 aromatic rings. The zero-order chi connectivity index (χ0) is 27.6. The largest absolute Gasteiger partial charge is 0.490 e. The van der Waals surface area contributed by atoms with Crippen LogP contribution in [0.2, 0.25) is 0 Å². The van der Waals surface area contributed by atoms with E-state index in [4.69, 9.17) is 15.9 Å². The van der Waals surface area contributed by atoms with Crippen molar-refractivity contribution in [2.45, 2.75) is 55.7 Å². The summed E-state index contributed by atoms with van der Waals surface area (Å²) in [7, 11) is -5.98. The fraction of sp³-hybridized carbons (Fsp3) is 0.462. The van der Waals surface area contributed by atoms with E-state index in [1.807, 2.05) is 12.4 Å². The zero-order valence-corrected chi connectivity index (χ0v) is 22.6. The highest BCUT2D eigenvalue weighted by Gasteiger charge is 2.30. The lowest BCUT2D eigenvalue weighted by Gasteiger charge is -2.31. The molecule has 0 spiro atoms. The summed E-state index contributed by atoms with van der Waals surface area (Å²) in [6.45, 7) is 2.74. The number of likely N-dealkylation sites (tertiary alicyclic amines) is 1. The highest BCUT2D eigenvalue weighted by Crippen LogP contribution is 2.30. The van der Waals surface area contributed by atoms with Gasteiger partial charge in [0.15, 0.2) is 5.96 Å². The number of sulfonamides is 1. The fourth-order valence-corrected chi connectivity index (χ4v) is 6.38. The average molecular weight is 554 g/mol. The number of benzene rings is 2. The maximum absolute atomic E-state index is 13.6. The second kappa shape index (κ2) is 11.4. The quantitative estimate of drug-likeness (QED) is 0.205. The molecular formula is C26H35BN6O5S. The van der Waals surface area contributed by atoms with Gasteiger partial charge in [-0.05, 0) is 66.8 Å². The van der Waals surface area contributed by atoms with E-state index in [-0.39, 0.29) is 17.0 Å². The number of hydrogen-bond donors (Lipinski definition) is 4. The first-order chi connectivity index (χ1) is 18.7. The van der Waals surface area contributed by atoms with Gasteiger partial charge >= 0.3 is 7.12 Å². The van der Waals surface area contributed by atoms with Crippen LogP contribution in [0.15, 0.2) is 52.4 Å². The molecule has 3 aliphatic rings. The van der Waals surface area contributed by atoms with Crippen LogP contribution in [0, 0.1) is 5.41 Å². The minimum Gasteiger partial charge on any atom is -0.490 e. The number of fused-ring (bicyclic) bond motifs is 1. The second-order valence-corrected chi connectivity index (χ2v) is 12.2. The standard InChI is InChI=1S/C26H35BN6O5S/c28-26(29)32-14-9-19-1-4-22(15-20(19)16-32)33(17-27(34)35)39(36,37)25-7-5-23(6-8-25)38-24-10-12-31(13-11-24)18-30-21-2-3-21/h1,4-8,15,18,21,24,34-35H,2-3,9-14,16-17H2,(H3,28,29). The molecule has 5 rings (SSSR count). The van der Waals surface area contributed by atoms with Gasteiger partial charge in [-0.3, -0.25) is 14.7 Å². The molecule has 0 radical (unpaired) electrons. The molecule has 2 aromatic carbocycles. The molecule has 208 valence electrons. The molecule has 2 aliphatic heterocycles. The van der Waals surface area contributed by atoms with E-state index in [9.17, 15) is 18.5 Å². The molecular weight excluding hydrogens is 519 g/mol. The SMILES string of the molecule is N=C(N)N1CCc2ccc(N(CB(O)O)S(=O)(=O)c3ccc(OC4CCN(C=NC5CC5)CC4)cc3)cc2C1. The van der Waals surface area contributed by atoms with Gasteiger partial charge in [-0.25, -0.2) is 8.42 Å². The maximum Gasteiger partial charge on any atom is 0.473 e. The van der Waals surface area contributed by atoms with Gasteiger partial charge in [0.1, 0.15) is 11.9 Å². The lowest BCUT2D eigenvalue weighted by Crippen LogP contribution is -2.41. The molecule has 2 heterocycles. The van der Waals surface area contributed by atoms with Crippen molar-refractivity contribution in [1.29, 1.82) is 5.41 Å². The van der Waals surface area contributed by atoms with Gasteiger partial charge in [-0.15, -0.1) is 0 Å². The van der Waals surface area contributed by atoms with Gasteiger partial charge in [0.05, 0.1) is 29.4 Å². The minimum atomic E-state index is -4.12. The smallest absolute Gasteiger partial charge is 0.473 e. The molecule has 0 bridgehead atoms. The zero-order valence-electron chi connectivity index (χ0n) is 21.8. The normalized spacial score (nSPS) is 18.2. The van der Waals surface area contributed by atoms with Crippen LogP contribution in [0.5, 0.6) is 5.75 Å². The van der Waals surface area contributed by atoms with Crippen LogP contribution in [-0.4, -0.2) is 85.9 Å². The van der Waals surface area contributed by atoms with Gasteiger partial charge in [0, 0.05) is 39.0 Å². The molecule has 0 atom stereocenters. The molecule has 0 amide bonds. The predicted molar refractivity (Wildman–Crippen MR) is 150 cm³/mol. The average Bonchev–Trinajstić information content (AvgIpc) is 3.75. The maximum atomic E-state index is 13.6. The molecule has 39 heavy (non-hydrogen) atoms. The van der Waals surface area contributed by atoms with Gasteiger partial charge in [-0.2, -0.15) is 0 Å². The number of nitrogens with zero attached hydrogens (tertiary/aromatic N) is 4. The van der Waals surface area contributed by atoms with Gasteiger partial charge in [0.25, 0.3) is 10.0 Å². The molecule has 5 N–H and O–H groups in total. The number of nitrogens with two attached hydrogens (primary N) is 1. The van der Waals surface area contributed by atoms with Gasteiger partial charge < -0.3 is 30.3 Å². The molecule has 11 nitrogen and oxygen atoms in total. The first-order valence-electron chi connectivity index (χ1n) is 13.3. The van der Waals surface area contributed by atoms with E-state index in [1.165, 1.54) is 25.0 Å². The van der Waals surface area contributed by atoms with Crippen LogP contribution in [-0.2, 0) is 23.0 Å². The summed E-state index contributed by atoms with van der Waals surface area (Å²) in [6.07, 6.45) is 6.25. The number of nitrogens with one attached hydrogen (secondary N) is 1. The van der Waals surface area contributed by atoms with Crippen LogP contribution in [0.1, 0.15) is 36.8 Å². The Morgan fingerprint density at radius 1 is 1.10 bits per heavy atom. The summed E-state index contributed by atoms with van der Waals surface area (Å²) < 4.78 is 34.4. The lowest BCUT2D eigenvalue weighted by molar-refractivity contribution is 0.132. The van der Waals surface area contributed by atoms with Gasteiger partial charge in [-0.1, -0.05) is 6.07 Å². The number of anilines is 1. The van der Waals surface area contributed by atoms with Crippen molar-refractivity contribution < 1.29 is 23.2 Å². The van der Waals surface area contributed by atoms with Crippen molar-refractivity contribution in [2.75, 3.05) is 30.4 Å². The van der Waals surface area contributed by atoms with E-state index < -0.39 is 23.6 Å². The molecule has 13 heteroatoms. The third-order valence-electron chi connectivity index (χ3n) is 7.34.